The molecule has 4 aromatic rings. The second-order valence-electron chi connectivity index (χ2n) is 11.0. The number of benzene rings is 3. The van der Waals surface area contributed by atoms with Gasteiger partial charge in [-0.25, -0.2) is 4.79 Å². The number of carbonyl (C=O) groups is 1. The maximum absolute atomic E-state index is 13.7. The van der Waals surface area contributed by atoms with E-state index in [1.165, 1.54) is 25.7 Å². The van der Waals surface area contributed by atoms with Crippen LogP contribution in [0.1, 0.15) is 97.2 Å². The molecule has 0 radical (unpaired) electrons. The number of carbonyl (C=O) groups excluding carboxylic acids is 1. The number of aromatic nitrogens is 1. The van der Waals surface area contributed by atoms with Crippen molar-refractivity contribution >= 4 is 5.97 Å². The first-order valence-electron chi connectivity index (χ1n) is 15.8. The summed E-state index contributed by atoms with van der Waals surface area (Å²) in [5, 5.41) is 0. The zero-order valence-electron chi connectivity index (χ0n) is 25.9. The zero-order valence-corrected chi connectivity index (χ0v) is 25.9. The van der Waals surface area contributed by atoms with Crippen LogP contribution in [0.5, 0.6) is 17.2 Å². The minimum absolute atomic E-state index is 0.337. The summed E-state index contributed by atoms with van der Waals surface area (Å²) >= 11 is 0. The number of ether oxygens (including phenoxy) is 3. The Hall–Kier alpha value is -4.12. The minimum Gasteiger partial charge on any atom is -0.486 e. The van der Waals surface area contributed by atoms with Crippen LogP contribution in [0.25, 0.3) is 0 Å². The summed E-state index contributed by atoms with van der Waals surface area (Å²) in [6.07, 6.45) is 8.94. The number of para-hydroxylation sites is 1. The monoisotopic (exact) mass is 579 g/mol. The number of nitrogens with zero attached hydrogens (tertiary/aromatic N) is 1. The topological polar surface area (TPSA) is 57.7 Å². The second kappa shape index (κ2) is 17.1. The Morgan fingerprint density at radius 1 is 0.721 bits per heavy atom. The number of unbranched alkanes of at least 4 members (excludes halogenated alkanes) is 5. The van der Waals surface area contributed by atoms with Gasteiger partial charge >= 0.3 is 5.97 Å². The predicted molar refractivity (Wildman–Crippen MR) is 173 cm³/mol. The number of esters is 1. The van der Waals surface area contributed by atoms with Gasteiger partial charge in [-0.1, -0.05) is 113 Å². The first-order valence-corrected chi connectivity index (χ1v) is 15.8. The Morgan fingerprint density at radius 3 is 2.14 bits per heavy atom. The summed E-state index contributed by atoms with van der Waals surface area (Å²) in [7, 11) is 0. The van der Waals surface area contributed by atoms with Gasteiger partial charge in [-0.05, 0) is 60.7 Å². The van der Waals surface area contributed by atoms with Crippen molar-refractivity contribution in [1.29, 1.82) is 0 Å². The number of aryl methyl sites for hydroxylation is 1. The van der Waals surface area contributed by atoms with E-state index in [0.29, 0.717) is 37.4 Å². The van der Waals surface area contributed by atoms with Crippen molar-refractivity contribution in [2.75, 3.05) is 6.61 Å². The zero-order chi connectivity index (χ0) is 30.3. The van der Waals surface area contributed by atoms with Crippen LogP contribution in [-0.4, -0.2) is 17.6 Å². The Balaban J connectivity index is 1.60. The highest BCUT2D eigenvalue weighted by molar-refractivity contribution is 5.94. The molecular weight excluding hydrogens is 534 g/mol. The van der Waals surface area contributed by atoms with E-state index in [1.807, 2.05) is 85.8 Å². The molecule has 1 aromatic heterocycles. The molecule has 0 N–H and O–H groups in total. The van der Waals surface area contributed by atoms with E-state index in [1.54, 1.807) is 0 Å². The number of rotatable bonds is 17. The van der Waals surface area contributed by atoms with Gasteiger partial charge in [0.05, 0.1) is 12.3 Å². The van der Waals surface area contributed by atoms with Crippen LogP contribution in [0, 0.1) is 6.92 Å². The molecule has 1 heterocycles. The summed E-state index contributed by atoms with van der Waals surface area (Å²) in [5.74, 6) is 1.75. The summed E-state index contributed by atoms with van der Waals surface area (Å²) < 4.78 is 18.3. The summed E-state index contributed by atoms with van der Waals surface area (Å²) in [4.78, 5) is 18.8. The molecule has 5 nitrogen and oxygen atoms in total. The molecule has 0 atom stereocenters. The van der Waals surface area contributed by atoms with Crippen LogP contribution in [0.3, 0.4) is 0 Å². The van der Waals surface area contributed by atoms with Gasteiger partial charge in [0.15, 0.2) is 5.75 Å². The standard InChI is InChI=1S/C38H45NO4/c1-4-6-7-8-9-16-25-41-38(40)36-29(3)35(27-31-21-17-24-33(26-31)43-32-22-14-11-15-23-32)39-34(18-5-2)37(36)42-28-30-19-12-10-13-20-30/h10-15,17,19-24,26H,4-9,16,18,25,27-28H2,1-3H3. The second-order valence-corrected chi connectivity index (χ2v) is 11.0. The van der Waals surface area contributed by atoms with Gasteiger partial charge in [0.25, 0.3) is 0 Å². The summed E-state index contributed by atoms with van der Waals surface area (Å²) in [6, 6.07) is 27.8. The lowest BCUT2D eigenvalue weighted by molar-refractivity contribution is 0.0491. The molecule has 0 amide bonds. The van der Waals surface area contributed by atoms with Gasteiger partial charge in [-0.3, -0.25) is 4.98 Å². The lowest BCUT2D eigenvalue weighted by Crippen LogP contribution is -2.16. The molecule has 0 aliphatic rings. The van der Waals surface area contributed by atoms with Gasteiger partial charge in [0, 0.05) is 12.1 Å². The van der Waals surface area contributed by atoms with Crippen LogP contribution in [0.15, 0.2) is 84.9 Å². The van der Waals surface area contributed by atoms with E-state index in [4.69, 9.17) is 19.2 Å². The molecule has 0 spiro atoms. The molecule has 0 unspecified atom stereocenters. The molecule has 0 fully saturated rings. The van der Waals surface area contributed by atoms with E-state index >= 15 is 0 Å². The van der Waals surface area contributed by atoms with Gasteiger partial charge in [0.1, 0.15) is 23.7 Å². The van der Waals surface area contributed by atoms with Gasteiger partial charge in [-0.2, -0.15) is 0 Å². The molecule has 0 bridgehead atoms. The van der Waals surface area contributed by atoms with Crippen molar-refractivity contribution < 1.29 is 19.0 Å². The fourth-order valence-electron chi connectivity index (χ4n) is 5.12. The molecule has 5 heteroatoms. The summed E-state index contributed by atoms with van der Waals surface area (Å²) in [5.41, 5.74) is 5.02. The van der Waals surface area contributed by atoms with Crippen molar-refractivity contribution in [1.82, 2.24) is 4.98 Å². The maximum atomic E-state index is 13.7. The van der Waals surface area contributed by atoms with E-state index in [2.05, 4.69) is 19.9 Å². The average Bonchev–Trinajstić information content (AvgIpc) is 3.02. The SMILES string of the molecule is CCCCCCCCOC(=O)c1c(C)c(Cc2cccc(Oc3ccccc3)c2)nc(CCC)c1OCc1ccccc1. The van der Waals surface area contributed by atoms with Crippen molar-refractivity contribution in [2.24, 2.45) is 0 Å². The molecule has 0 aliphatic carbocycles. The van der Waals surface area contributed by atoms with E-state index < -0.39 is 0 Å². The Labute approximate surface area is 257 Å². The lowest BCUT2D eigenvalue weighted by atomic mass is 9.98. The normalized spacial score (nSPS) is 10.9. The fourth-order valence-corrected chi connectivity index (χ4v) is 5.12. The molecule has 3 aromatic carbocycles. The van der Waals surface area contributed by atoms with E-state index in [-0.39, 0.29) is 5.97 Å². The molecular formula is C38H45NO4. The number of pyridine rings is 1. The van der Waals surface area contributed by atoms with Crippen molar-refractivity contribution in [3.63, 3.8) is 0 Å². The highest BCUT2D eigenvalue weighted by Crippen LogP contribution is 2.32. The fraction of sp³-hybridized carbons (Fsp3) is 0.368. The third kappa shape index (κ3) is 9.71. The summed E-state index contributed by atoms with van der Waals surface area (Å²) in [6.45, 7) is 7.05. The van der Waals surface area contributed by atoms with E-state index in [0.717, 1.165) is 58.8 Å². The van der Waals surface area contributed by atoms with Crippen molar-refractivity contribution in [3.05, 3.63) is 119 Å². The maximum Gasteiger partial charge on any atom is 0.342 e. The van der Waals surface area contributed by atoms with Crippen LogP contribution in [0.4, 0.5) is 0 Å². The lowest BCUT2D eigenvalue weighted by Gasteiger charge is -2.20. The molecule has 43 heavy (non-hydrogen) atoms. The van der Waals surface area contributed by atoms with E-state index in [9.17, 15) is 4.79 Å². The number of hydrogen-bond acceptors (Lipinski definition) is 5. The molecule has 4 rings (SSSR count). The molecule has 0 aliphatic heterocycles. The van der Waals surface area contributed by atoms with Crippen LogP contribution < -0.4 is 9.47 Å². The molecule has 226 valence electrons. The number of hydrogen-bond donors (Lipinski definition) is 0. The Morgan fingerprint density at radius 2 is 1.40 bits per heavy atom. The third-order valence-electron chi connectivity index (χ3n) is 7.46. The van der Waals surface area contributed by atoms with Gasteiger partial charge < -0.3 is 14.2 Å². The third-order valence-corrected chi connectivity index (χ3v) is 7.46. The van der Waals surface area contributed by atoms with Crippen molar-refractivity contribution in [2.45, 2.75) is 85.2 Å². The highest BCUT2D eigenvalue weighted by atomic mass is 16.5. The Kier molecular flexibility index (Phi) is 12.7. The van der Waals surface area contributed by atoms with Crippen LogP contribution >= 0.6 is 0 Å². The average molecular weight is 580 g/mol. The van der Waals surface area contributed by atoms with Gasteiger partial charge in [-0.15, -0.1) is 0 Å². The highest BCUT2D eigenvalue weighted by Gasteiger charge is 2.25. The van der Waals surface area contributed by atoms with Gasteiger partial charge in [0.2, 0.25) is 0 Å². The van der Waals surface area contributed by atoms with Crippen molar-refractivity contribution in [3.8, 4) is 17.2 Å². The van der Waals surface area contributed by atoms with Crippen LogP contribution in [-0.2, 0) is 24.2 Å². The largest absolute Gasteiger partial charge is 0.486 e. The van der Waals surface area contributed by atoms with Crippen LogP contribution in [0.2, 0.25) is 0 Å². The first-order chi connectivity index (χ1) is 21.1. The predicted octanol–water partition coefficient (Wildman–Crippen LogP) is 9.82. The molecule has 0 saturated heterocycles. The first kappa shape index (κ1) is 31.8. The molecule has 0 saturated carbocycles. The smallest absolute Gasteiger partial charge is 0.342 e. The Bertz CT molecular complexity index is 1420. The minimum atomic E-state index is -0.337. The quantitative estimate of drug-likeness (QED) is 0.0920.